The van der Waals surface area contributed by atoms with Crippen LogP contribution in [0.5, 0.6) is 17.2 Å². The average Bonchev–Trinajstić information content (AvgIpc) is 3.07. The summed E-state index contributed by atoms with van der Waals surface area (Å²) in [5.41, 5.74) is 2.87. The van der Waals surface area contributed by atoms with Crippen molar-refractivity contribution in [1.82, 2.24) is 5.01 Å². The van der Waals surface area contributed by atoms with Crippen LogP contribution in [0, 0.1) is 0 Å². The van der Waals surface area contributed by atoms with Gasteiger partial charge in [-0.15, -0.1) is 0 Å². The van der Waals surface area contributed by atoms with E-state index in [2.05, 4.69) is 24.8 Å². The Morgan fingerprint density at radius 2 is 1.71 bits per heavy atom. The second-order valence-electron chi connectivity index (χ2n) is 8.73. The molecule has 0 aliphatic carbocycles. The van der Waals surface area contributed by atoms with Gasteiger partial charge >= 0.3 is 0 Å². The number of phenols is 1. The van der Waals surface area contributed by atoms with Crippen molar-refractivity contribution in [3.63, 3.8) is 0 Å². The molecular weight excluding hydrogens is 426 g/mol. The van der Waals surface area contributed by atoms with Crippen molar-refractivity contribution < 1.29 is 14.6 Å². The highest BCUT2D eigenvalue weighted by molar-refractivity contribution is 6.04. The van der Waals surface area contributed by atoms with Gasteiger partial charge in [0, 0.05) is 47.1 Å². The van der Waals surface area contributed by atoms with Crippen LogP contribution in [0.25, 0.3) is 10.8 Å². The third kappa shape index (κ3) is 2.51. The van der Waals surface area contributed by atoms with Gasteiger partial charge < -0.3 is 14.7 Å². The van der Waals surface area contributed by atoms with Crippen LogP contribution in [0.2, 0.25) is 0 Å². The monoisotopic (exact) mass is 451 g/mol. The number of ether oxygens (including phenoxy) is 1. The molecule has 0 saturated heterocycles. The first-order valence-electron chi connectivity index (χ1n) is 11.5. The number of hydrogen-bond donors (Lipinski definition) is 2. The zero-order chi connectivity index (χ0) is 23.6. The first-order chi connectivity index (χ1) is 16.5. The number of rotatable bonds is 3. The Hall–Kier alpha value is -4.03. The van der Waals surface area contributed by atoms with Crippen LogP contribution < -0.4 is 15.5 Å². The number of aromatic hydroxyl groups is 1. The number of nitrogens with zero attached hydrogens (tertiary/aromatic N) is 2. The third-order valence-electron chi connectivity index (χ3n) is 7.16. The Bertz CT molecular complexity index is 1480. The lowest BCUT2D eigenvalue weighted by Crippen LogP contribution is -2.51. The second-order valence-corrected chi connectivity index (χ2v) is 8.73. The molecule has 0 aromatic heterocycles. The summed E-state index contributed by atoms with van der Waals surface area (Å²) in [4.78, 5) is 15.7. The molecule has 1 spiro atoms. The van der Waals surface area contributed by atoms with E-state index in [0.29, 0.717) is 17.1 Å². The van der Waals surface area contributed by atoms with Crippen LogP contribution >= 0.6 is 0 Å². The van der Waals surface area contributed by atoms with E-state index in [1.54, 1.807) is 12.1 Å². The fourth-order valence-corrected chi connectivity index (χ4v) is 5.61. The van der Waals surface area contributed by atoms with E-state index in [1.807, 2.05) is 54.6 Å². The summed E-state index contributed by atoms with van der Waals surface area (Å²) in [5.74, 6) is 7.87. The normalized spacial score (nSPS) is 18.0. The predicted molar refractivity (Wildman–Crippen MR) is 132 cm³/mol. The van der Waals surface area contributed by atoms with Crippen LogP contribution in [-0.4, -0.2) is 29.1 Å². The van der Waals surface area contributed by atoms with E-state index >= 15 is 0 Å². The Labute approximate surface area is 197 Å². The lowest BCUT2D eigenvalue weighted by Gasteiger charge is -2.43. The van der Waals surface area contributed by atoms with Crippen molar-refractivity contribution in [2.24, 2.45) is 5.84 Å². The number of carbonyl (C=O) groups is 1. The Morgan fingerprint density at radius 3 is 2.50 bits per heavy atom. The summed E-state index contributed by atoms with van der Waals surface area (Å²) < 4.78 is 6.49. The van der Waals surface area contributed by atoms with Gasteiger partial charge in [-0.05, 0) is 55.0 Å². The fourth-order valence-electron chi connectivity index (χ4n) is 5.61. The van der Waals surface area contributed by atoms with Crippen molar-refractivity contribution in [2.45, 2.75) is 19.4 Å². The van der Waals surface area contributed by atoms with E-state index in [4.69, 9.17) is 10.6 Å². The predicted octanol–water partition coefficient (Wildman–Crippen LogP) is 5.12. The van der Waals surface area contributed by atoms with Gasteiger partial charge in [0.05, 0.1) is 0 Å². The van der Waals surface area contributed by atoms with E-state index in [1.165, 1.54) is 5.01 Å². The topological polar surface area (TPSA) is 79.0 Å². The SMILES string of the molecule is CCN(CC)c1ccc2c(c1)Oc1ccc3ccc(O)cc3c1C21c2ccccc2C(=O)N1N. The molecule has 1 amide bonds. The van der Waals surface area contributed by atoms with E-state index < -0.39 is 5.54 Å². The van der Waals surface area contributed by atoms with Gasteiger partial charge in [0.25, 0.3) is 5.91 Å². The quantitative estimate of drug-likeness (QED) is 0.334. The van der Waals surface area contributed by atoms with Crippen molar-refractivity contribution in [3.05, 3.63) is 95.1 Å². The second kappa shape index (κ2) is 7.23. The highest BCUT2D eigenvalue weighted by Crippen LogP contribution is 2.58. The summed E-state index contributed by atoms with van der Waals surface area (Å²) in [6.07, 6.45) is 0. The van der Waals surface area contributed by atoms with Crippen molar-refractivity contribution in [3.8, 4) is 17.2 Å². The lowest BCUT2D eigenvalue weighted by molar-refractivity contribution is 0.0667. The molecular formula is C28H25N3O3. The van der Waals surface area contributed by atoms with Crippen LogP contribution in [-0.2, 0) is 5.54 Å². The maximum Gasteiger partial charge on any atom is 0.269 e. The molecule has 0 fully saturated rings. The number of nitrogens with two attached hydrogens (primary N) is 1. The van der Waals surface area contributed by atoms with Crippen LogP contribution in [0.1, 0.15) is 40.9 Å². The molecule has 4 aromatic rings. The standard InChI is InChI=1S/C28H25N3O3/c1-3-30(4-2)18-11-13-23-25(15-18)34-24-14-10-17-9-12-19(32)16-21(17)26(24)28(23)22-8-6-5-7-20(22)27(33)31(28)29/h5-16,32H,3-4,29H2,1-2H3. The average molecular weight is 452 g/mol. The molecule has 6 rings (SSSR count). The fraction of sp³-hybridized carbons (Fsp3) is 0.179. The number of benzene rings is 4. The third-order valence-corrected chi connectivity index (χ3v) is 7.16. The summed E-state index contributed by atoms with van der Waals surface area (Å²) in [5, 5.41) is 13.4. The van der Waals surface area contributed by atoms with Crippen molar-refractivity contribution in [1.29, 1.82) is 0 Å². The summed E-state index contributed by atoms with van der Waals surface area (Å²) in [6, 6.07) is 22.8. The molecule has 2 aliphatic rings. The van der Waals surface area contributed by atoms with Gasteiger partial charge in [-0.25, -0.2) is 5.84 Å². The maximum absolute atomic E-state index is 13.5. The van der Waals surface area contributed by atoms with Crippen LogP contribution in [0.3, 0.4) is 0 Å². The van der Waals surface area contributed by atoms with E-state index in [9.17, 15) is 9.90 Å². The van der Waals surface area contributed by atoms with Gasteiger partial charge in [-0.2, -0.15) is 0 Å². The Morgan fingerprint density at radius 1 is 0.941 bits per heavy atom. The summed E-state index contributed by atoms with van der Waals surface area (Å²) in [7, 11) is 0. The minimum absolute atomic E-state index is 0.139. The maximum atomic E-state index is 13.5. The highest BCUT2D eigenvalue weighted by atomic mass is 16.5. The molecule has 0 saturated carbocycles. The van der Waals surface area contributed by atoms with Crippen molar-refractivity contribution in [2.75, 3.05) is 18.0 Å². The Kier molecular flexibility index (Phi) is 4.38. The molecule has 6 heteroatoms. The number of carbonyl (C=O) groups excluding carboxylic acids is 1. The smallest absolute Gasteiger partial charge is 0.269 e. The van der Waals surface area contributed by atoms with Gasteiger partial charge in [0.15, 0.2) is 0 Å². The number of hydrazine groups is 1. The Balaban J connectivity index is 1.75. The zero-order valence-electron chi connectivity index (χ0n) is 19.1. The molecule has 34 heavy (non-hydrogen) atoms. The zero-order valence-corrected chi connectivity index (χ0v) is 19.1. The number of hydrogen-bond acceptors (Lipinski definition) is 5. The first-order valence-corrected chi connectivity index (χ1v) is 11.5. The van der Waals surface area contributed by atoms with Crippen LogP contribution in [0.4, 0.5) is 5.69 Å². The van der Waals surface area contributed by atoms with Gasteiger partial charge in [-0.3, -0.25) is 9.80 Å². The number of phenolic OH excluding ortho intramolecular Hbond substituents is 1. The molecule has 2 heterocycles. The van der Waals surface area contributed by atoms with Gasteiger partial charge in [0.1, 0.15) is 22.8 Å². The van der Waals surface area contributed by atoms with Crippen molar-refractivity contribution >= 4 is 22.4 Å². The lowest BCUT2D eigenvalue weighted by atomic mass is 9.73. The van der Waals surface area contributed by atoms with E-state index in [-0.39, 0.29) is 11.7 Å². The molecule has 170 valence electrons. The minimum atomic E-state index is -1.09. The molecule has 1 atom stereocenters. The number of amides is 1. The van der Waals surface area contributed by atoms with Gasteiger partial charge in [-0.1, -0.05) is 36.4 Å². The molecule has 4 aromatic carbocycles. The molecule has 0 radical (unpaired) electrons. The molecule has 2 aliphatic heterocycles. The summed E-state index contributed by atoms with van der Waals surface area (Å²) >= 11 is 0. The molecule has 3 N–H and O–H groups in total. The largest absolute Gasteiger partial charge is 0.508 e. The minimum Gasteiger partial charge on any atom is -0.508 e. The first kappa shape index (κ1) is 20.6. The number of anilines is 1. The molecule has 0 bridgehead atoms. The van der Waals surface area contributed by atoms with Crippen LogP contribution in [0.15, 0.2) is 72.8 Å². The van der Waals surface area contributed by atoms with E-state index in [0.717, 1.165) is 46.2 Å². The molecule has 1 unspecified atom stereocenters. The highest BCUT2D eigenvalue weighted by Gasteiger charge is 2.56. The number of fused-ring (bicyclic) bond motifs is 8. The molecule has 6 nitrogen and oxygen atoms in total. The summed E-state index contributed by atoms with van der Waals surface area (Å²) in [6.45, 7) is 5.97. The van der Waals surface area contributed by atoms with Gasteiger partial charge in [0.2, 0.25) is 0 Å².